The van der Waals surface area contributed by atoms with Crippen molar-refractivity contribution in [1.29, 1.82) is 0 Å². The van der Waals surface area contributed by atoms with Crippen LogP contribution in [0.4, 0.5) is 0 Å². The molecule has 20 heavy (non-hydrogen) atoms. The number of rotatable bonds is 7. The highest BCUT2D eigenvalue weighted by Crippen LogP contribution is 2.25. The lowest BCUT2D eigenvalue weighted by Gasteiger charge is -2.25. The van der Waals surface area contributed by atoms with E-state index in [1.54, 1.807) is 11.3 Å². The third kappa shape index (κ3) is 3.91. The van der Waals surface area contributed by atoms with Crippen molar-refractivity contribution in [3.63, 3.8) is 0 Å². The van der Waals surface area contributed by atoms with E-state index in [4.69, 9.17) is 5.73 Å². The van der Waals surface area contributed by atoms with Crippen LogP contribution >= 0.6 is 27.3 Å². The number of hydrogen-bond donors (Lipinski definition) is 1. The minimum Gasteiger partial charge on any atom is -0.329 e. The molecular weight excluding hydrogens is 336 g/mol. The molecule has 0 radical (unpaired) electrons. The topological polar surface area (TPSA) is 47.1 Å². The van der Waals surface area contributed by atoms with Gasteiger partial charge in [0.05, 0.1) is 16.0 Å². The van der Waals surface area contributed by atoms with E-state index in [0.29, 0.717) is 6.54 Å². The molecule has 0 saturated heterocycles. The molecule has 110 valence electrons. The molecule has 0 saturated carbocycles. The van der Waals surface area contributed by atoms with E-state index in [0.717, 1.165) is 19.5 Å². The summed E-state index contributed by atoms with van der Waals surface area (Å²) >= 11 is 5.22. The third-order valence-corrected chi connectivity index (χ3v) is 4.85. The van der Waals surface area contributed by atoms with Gasteiger partial charge in [0.1, 0.15) is 0 Å². The number of nitrogens with two attached hydrogens (primary N) is 1. The second kappa shape index (κ2) is 7.36. The van der Waals surface area contributed by atoms with Gasteiger partial charge in [-0.3, -0.25) is 9.58 Å². The largest absolute Gasteiger partial charge is 0.329 e. The summed E-state index contributed by atoms with van der Waals surface area (Å²) in [4.78, 5) is 2.28. The van der Waals surface area contributed by atoms with Gasteiger partial charge in [-0.2, -0.15) is 5.10 Å². The van der Waals surface area contributed by atoms with Gasteiger partial charge in [0.15, 0.2) is 0 Å². The second-order valence-corrected chi connectivity index (χ2v) is 7.25. The van der Waals surface area contributed by atoms with Crippen LogP contribution in [0, 0.1) is 0 Å². The molecule has 1 unspecified atom stereocenters. The predicted octanol–water partition coefficient (Wildman–Crippen LogP) is 3.25. The van der Waals surface area contributed by atoms with Gasteiger partial charge in [0, 0.05) is 31.4 Å². The van der Waals surface area contributed by atoms with Gasteiger partial charge < -0.3 is 5.73 Å². The maximum Gasteiger partial charge on any atom is 0.0701 e. The van der Waals surface area contributed by atoms with Crippen LogP contribution in [0.3, 0.4) is 0 Å². The molecule has 2 heterocycles. The molecule has 0 fully saturated rings. The number of nitrogens with zero attached hydrogens (tertiary/aromatic N) is 3. The van der Waals surface area contributed by atoms with Crippen LogP contribution in [0.25, 0.3) is 0 Å². The zero-order valence-electron chi connectivity index (χ0n) is 11.9. The maximum atomic E-state index is 5.96. The number of hydrogen-bond acceptors (Lipinski definition) is 4. The Morgan fingerprint density at radius 1 is 1.55 bits per heavy atom. The van der Waals surface area contributed by atoms with Crippen molar-refractivity contribution >= 4 is 27.3 Å². The van der Waals surface area contributed by atoms with Crippen LogP contribution in [-0.2, 0) is 13.1 Å². The molecule has 0 spiro atoms. The quantitative estimate of drug-likeness (QED) is 0.828. The third-order valence-electron chi connectivity index (χ3n) is 3.30. The van der Waals surface area contributed by atoms with E-state index in [9.17, 15) is 0 Å². The summed E-state index contributed by atoms with van der Waals surface area (Å²) < 4.78 is 3.16. The van der Waals surface area contributed by atoms with Gasteiger partial charge in [-0.05, 0) is 46.4 Å². The molecular formula is C14H21BrN4S. The van der Waals surface area contributed by atoms with E-state index in [1.165, 1.54) is 14.9 Å². The number of aromatic nitrogens is 2. The maximum absolute atomic E-state index is 5.96. The van der Waals surface area contributed by atoms with Crippen molar-refractivity contribution in [2.24, 2.45) is 5.73 Å². The molecule has 4 nitrogen and oxygen atoms in total. The monoisotopic (exact) mass is 356 g/mol. The number of thiophene rings is 1. The summed E-state index contributed by atoms with van der Waals surface area (Å²) in [6, 6.07) is 2.37. The molecule has 2 aromatic heterocycles. The Balaban J connectivity index is 2.05. The first kappa shape index (κ1) is 15.7. The normalized spacial score (nSPS) is 13.1. The summed E-state index contributed by atoms with van der Waals surface area (Å²) in [5.41, 5.74) is 8.46. The van der Waals surface area contributed by atoms with Crippen molar-refractivity contribution in [2.75, 3.05) is 13.6 Å². The number of likely N-dealkylation sites (N-methyl/N-ethyl adjacent to an activating group) is 1. The first-order valence-corrected chi connectivity index (χ1v) is 8.46. The van der Waals surface area contributed by atoms with Crippen LogP contribution in [0.5, 0.6) is 0 Å². The zero-order chi connectivity index (χ0) is 14.5. The Kier molecular flexibility index (Phi) is 5.77. The lowest BCUT2D eigenvalue weighted by Crippen LogP contribution is -2.29. The summed E-state index contributed by atoms with van der Waals surface area (Å²) in [5, 5.41) is 6.57. The van der Waals surface area contributed by atoms with Gasteiger partial charge in [-0.1, -0.05) is 6.92 Å². The molecule has 0 aliphatic rings. The predicted molar refractivity (Wildman–Crippen MR) is 87.8 cm³/mol. The van der Waals surface area contributed by atoms with Crippen LogP contribution in [0.2, 0.25) is 0 Å². The minimum absolute atomic E-state index is 0.208. The minimum atomic E-state index is 0.208. The SMILES string of the molecule is CCCn1cc(C(CN)N(C)Cc2csc(Br)c2)cn1. The molecule has 1 atom stereocenters. The zero-order valence-corrected chi connectivity index (χ0v) is 14.3. The Hall–Kier alpha value is -0.690. The van der Waals surface area contributed by atoms with Gasteiger partial charge in [-0.15, -0.1) is 11.3 Å². The molecule has 2 rings (SSSR count). The summed E-state index contributed by atoms with van der Waals surface area (Å²) in [5.74, 6) is 0. The van der Waals surface area contributed by atoms with E-state index in [2.05, 4.69) is 57.5 Å². The standard InChI is InChI=1S/C14H21BrN4S/c1-3-4-19-9-12(7-17-19)13(6-16)18(2)8-11-5-14(15)20-10-11/h5,7,9-10,13H,3-4,6,8,16H2,1-2H3. The van der Waals surface area contributed by atoms with Crippen LogP contribution < -0.4 is 5.73 Å². The fraction of sp³-hybridized carbons (Fsp3) is 0.500. The smallest absolute Gasteiger partial charge is 0.0701 e. The number of halogens is 1. The highest BCUT2D eigenvalue weighted by Gasteiger charge is 2.17. The van der Waals surface area contributed by atoms with Crippen LogP contribution in [-0.4, -0.2) is 28.3 Å². The Morgan fingerprint density at radius 2 is 2.35 bits per heavy atom. The molecule has 0 amide bonds. The molecule has 0 bridgehead atoms. The lowest BCUT2D eigenvalue weighted by molar-refractivity contribution is 0.242. The average Bonchev–Trinajstić information content (AvgIpc) is 3.01. The molecule has 6 heteroatoms. The molecule has 0 aliphatic heterocycles. The van der Waals surface area contributed by atoms with Crippen molar-refractivity contribution < 1.29 is 0 Å². The summed E-state index contributed by atoms with van der Waals surface area (Å²) in [6.45, 7) is 4.60. The fourth-order valence-electron chi connectivity index (χ4n) is 2.30. The molecule has 2 aromatic rings. The highest BCUT2D eigenvalue weighted by atomic mass is 79.9. The van der Waals surface area contributed by atoms with Crippen molar-refractivity contribution in [3.05, 3.63) is 38.8 Å². The van der Waals surface area contributed by atoms with Gasteiger partial charge in [0.25, 0.3) is 0 Å². The first-order chi connectivity index (χ1) is 9.63. The van der Waals surface area contributed by atoms with Crippen molar-refractivity contribution in [1.82, 2.24) is 14.7 Å². The highest BCUT2D eigenvalue weighted by molar-refractivity contribution is 9.11. The van der Waals surface area contributed by atoms with Crippen molar-refractivity contribution in [2.45, 2.75) is 32.5 Å². The van der Waals surface area contributed by atoms with Gasteiger partial charge in [-0.25, -0.2) is 0 Å². The van der Waals surface area contributed by atoms with Crippen molar-refractivity contribution in [3.8, 4) is 0 Å². The number of aryl methyl sites for hydroxylation is 1. The Labute approximate surface area is 132 Å². The van der Waals surface area contributed by atoms with E-state index in [-0.39, 0.29) is 6.04 Å². The summed E-state index contributed by atoms with van der Waals surface area (Å²) in [7, 11) is 2.11. The van der Waals surface area contributed by atoms with Crippen LogP contribution in [0.1, 0.15) is 30.5 Å². The van der Waals surface area contributed by atoms with Gasteiger partial charge >= 0.3 is 0 Å². The Bertz CT molecular complexity index is 537. The van der Waals surface area contributed by atoms with E-state index >= 15 is 0 Å². The van der Waals surface area contributed by atoms with E-state index < -0.39 is 0 Å². The Morgan fingerprint density at radius 3 is 2.95 bits per heavy atom. The van der Waals surface area contributed by atoms with Crippen LogP contribution in [0.15, 0.2) is 27.6 Å². The summed E-state index contributed by atoms with van der Waals surface area (Å²) in [6.07, 6.45) is 5.14. The average molecular weight is 357 g/mol. The van der Waals surface area contributed by atoms with Gasteiger partial charge in [0.2, 0.25) is 0 Å². The first-order valence-electron chi connectivity index (χ1n) is 6.79. The molecule has 0 aliphatic carbocycles. The molecule has 2 N–H and O–H groups in total. The molecule has 0 aromatic carbocycles. The van der Waals surface area contributed by atoms with E-state index in [1.807, 2.05) is 10.9 Å². The lowest BCUT2D eigenvalue weighted by atomic mass is 10.1. The fourth-order valence-corrected chi connectivity index (χ4v) is 3.50. The second-order valence-electron chi connectivity index (χ2n) is 4.96.